The van der Waals surface area contributed by atoms with Crippen molar-refractivity contribution in [2.75, 3.05) is 7.11 Å². The van der Waals surface area contributed by atoms with E-state index in [0.29, 0.717) is 5.69 Å². The second-order valence-electron chi connectivity index (χ2n) is 5.29. The van der Waals surface area contributed by atoms with E-state index in [4.69, 9.17) is 10.00 Å². The van der Waals surface area contributed by atoms with Crippen LogP contribution < -0.4 is 0 Å². The van der Waals surface area contributed by atoms with Crippen LogP contribution in [-0.2, 0) is 11.3 Å². The molecule has 0 aliphatic heterocycles. The second-order valence-corrected chi connectivity index (χ2v) is 5.29. The summed E-state index contributed by atoms with van der Waals surface area (Å²) < 4.78 is 6.59. The molecule has 0 fully saturated rings. The summed E-state index contributed by atoms with van der Waals surface area (Å²) in [5.41, 5.74) is 0.203. The standard InChI is InChI=1S/C14H21N3O2/c1-11-16-9-12(13(18)19-4)17(11)8-6-5-7-14(2,3)10-15/h9H,5-8H2,1-4H3. The quantitative estimate of drug-likeness (QED) is 0.584. The number of imidazole rings is 1. The summed E-state index contributed by atoms with van der Waals surface area (Å²) in [5.74, 6) is 0.442. The molecule has 5 heteroatoms. The van der Waals surface area contributed by atoms with Gasteiger partial charge in [-0.3, -0.25) is 0 Å². The number of rotatable bonds is 6. The third-order valence-electron chi connectivity index (χ3n) is 3.19. The Hall–Kier alpha value is -1.83. The summed E-state index contributed by atoms with van der Waals surface area (Å²) in [4.78, 5) is 15.7. The van der Waals surface area contributed by atoms with Crippen molar-refractivity contribution in [3.8, 4) is 6.07 Å². The highest BCUT2D eigenvalue weighted by molar-refractivity contribution is 5.87. The SMILES string of the molecule is COC(=O)c1cnc(C)n1CCCCC(C)(C)C#N. The lowest BCUT2D eigenvalue weighted by molar-refractivity contribution is 0.0587. The molecule has 1 aromatic heterocycles. The van der Waals surface area contributed by atoms with Crippen molar-refractivity contribution in [2.45, 2.75) is 46.6 Å². The van der Waals surface area contributed by atoms with Crippen LogP contribution in [0.4, 0.5) is 0 Å². The number of nitrogens with zero attached hydrogens (tertiary/aromatic N) is 3. The van der Waals surface area contributed by atoms with Gasteiger partial charge in [-0.15, -0.1) is 0 Å². The number of hydrogen-bond donors (Lipinski definition) is 0. The van der Waals surface area contributed by atoms with Crippen molar-refractivity contribution >= 4 is 5.97 Å². The summed E-state index contributed by atoms with van der Waals surface area (Å²) >= 11 is 0. The summed E-state index contributed by atoms with van der Waals surface area (Å²) in [6.07, 6.45) is 4.25. The van der Waals surface area contributed by atoms with Gasteiger partial charge in [0.1, 0.15) is 11.5 Å². The van der Waals surface area contributed by atoms with Gasteiger partial charge in [0.25, 0.3) is 0 Å². The van der Waals surface area contributed by atoms with Crippen LogP contribution in [0, 0.1) is 23.7 Å². The average Bonchev–Trinajstić information content (AvgIpc) is 2.75. The summed E-state index contributed by atoms with van der Waals surface area (Å²) in [5, 5.41) is 8.94. The van der Waals surface area contributed by atoms with Crippen LogP contribution in [-0.4, -0.2) is 22.6 Å². The predicted octanol–water partition coefficient (Wildman–Crippen LogP) is 2.70. The van der Waals surface area contributed by atoms with Gasteiger partial charge in [0.2, 0.25) is 0 Å². The van der Waals surface area contributed by atoms with Crippen molar-refractivity contribution < 1.29 is 9.53 Å². The van der Waals surface area contributed by atoms with Gasteiger partial charge in [0.05, 0.1) is 24.8 Å². The molecule has 0 aliphatic carbocycles. The number of hydrogen-bond acceptors (Lipinski definition) is 4. The molecule has 1 rings (SSSR count). The first kappa shape index (κ1) is 15.2. The Kier molecular flexibility index (Phi) is 5.11. The van der Waals surface area contributed by atoms with Crippen LogP contribution in [0.5, 0.6) is 0 Å². The van der Waals surface area contributed by atoms with Gasteiger partial charge in [-0.05, 0) is 33.6 Å². The van der Waals surface area contributed by atoms with Gasteiger partial charge in [-0.1, -0.05) is 6.42 Å². The maximum absolute atomic E-state index is 11.6. The van der Waals surface area contributed by atoms with Crippen molar-refractivity contribution in [3.05, 3.63) is 17.7 Å². The molecule has 0 spiro atoms. The minimum Gasteiger partial charge on any atom is -0.464 e. The summed E-state index contributed by atoms with van der Waals surface area (Å²) in [6, 6.07) is 2.29. The van der Waals surface area contributed by atoms with Gasteiger partial charge in [-0.25, -0.2) is 9.78 Å². The molecular formula is C14H21N3O2. The second kappa shape index (κ2) is 6.37. The van der Waals surface area contributed by atoms with Crippen LogP contribution in [0.15, 0.2) is 6.20 Å². The Morgan fingerprint density at radius 3 is 2.79 bits per heavy atom. The molecule has 0 amide bonds. The van der Waals surface area contributed by atoms with E-state index in [2.05, 4.69) is 11.1 Å². The monoisotopic (exact) mass is 263 g/mol. The largest absolute Gasteiger partial charge is 0.464 e. The zero-order chi connectivity index (χ0) is 14.5. The highest BCUT2D eigenvalue weighted by Gasteiger charge is 2.17. The fourth-order valence-corrected chi connectivity index (χ4v) is 1.91. The zero-order valence-corrected chi connectivity index (χ0v) is 12.1. The first-order chi connectivity index (χ1) is 8.91. The number of methoxy groups -OCH3 is 1. The lowest BCUT2D eigenvalue weighted by atomic mass is 9.89. The van der Waals surface area contributed by atoms with Crippen LogP contribution in [0.3, 0.4) is 0 Å². The van der Waals surface area contributed by atoms with Crippen molar-refractivity contribution in [3.63, 3.8) is 0 Å². The van der Waals surface area contributed by atoms with E-state index in [1.807, 2.05) is 25.3 Å². The molecular weight excluding hydrogens is 242 g/mol. The summed E-state index contributed by atoms with van der Waals surface area (Å²) in [6.45, 7) is 6.47. The zero-order valence-electron chi connectivity index (χ0n) is 12.1. The van der Waals surface area contributed by atoms with Crippen LogP contribution in [0.2, 0.25) is 0 Å². The molecule has 19 heavy (non-hydrogen) atoms. The highest BCUT2D eigenvalue weighted by atomic mass is 16.5. The molecule has 0 bridgehead atoms. The average molecular weight is 263 g/mol. The smallest absolute Gasteiger partial charge is 0.356 e. The minimum absolute atomic E-state index is 0.283. The number of carbonyl (C=O) groups excluding carboxylic acids is 1. The predicted molar refractivity (Wildman–Crippen MR) is 71.5 cm³/mol. The molecule has 1 aromatic rings. The maximum Gasteiger partial charge on any atom is 0.356 e. The van der Waals surface area contributed by atoms with E-state index in [-0.39, 0.29) is 11.4 Å². The van der Waals surface area contributed by atoms with Crippen LogP contribution in [0.1, 0.15) is 49.4 Å². The molecule has 104 valence electrons. The molecule has 0 radical (unpaired) electrons. The van der Waals surface area contributed by atoms with E-state index in [1.54, 1.807) is 6.20 Å². The van der Waals surface area contributed by atoms with Gasteiger partial charge >= 0.3 is 5.97 Å². The number of aromatic nitrogens is 2. The van der Waals surface area contributed by atoms with Crippen molar-refractivity contribution in [2.24, 2.45) is 5.41 Å². The Morgan fingerprint density at radius 1 is 1.53 bits per heavy atom. The molecule has 0 N–H and O–H groups in total. The first-order valence-corrected chi connectivity index (χ1v) is 6.43. The third-order valence-corrected chi connectivity index (χ3v) is 3.19. The van der Waals surface area contributed by atoms with E-state index >= 15 is 0 Å². The number of carbonyl (C=O) groups is 1. The van der Waals surface area contributed by atoms with Crippen LogP contribution >= 0.6 is 0 Å². The molecule has 1 heterocycles. The van der Waals surface area contributed by atoms with Gasteiger partial charge < -0.3 is 9.30 Å². The van der Waals surface area contributed by atoms with Gasteiger partial charge in [-0.2, -0.15) is 5.26 Å². The van der Waals surface area contributed by atoms with Gasteiger partial charge in [0.15, 0.2) is 0 Å². The molecule has 0 unspecified atom stereocenters. The molecule has 0 saturated carbocycles. The number of esters is 1. The Bertz CT molecular complexity index is 483. The van der Waals surface area contributed by atoms with E-state index in [9.17, 15) is 4.79 Å². The summed E-state index contributed by atoms with van der Waals surface area (Å²) in [7, 11) is 1.37. The maximum atomic E-state index is 11.6. The number of ether oxygens (including phenoxy) is 1. The fraction of sp³-hybridized carbons (Fsp3) is 0.643. The molecule has 0 atom stereocenters. The Balaban J connectivity index is 2.57. The lowest BCUT2D eigenvalue weighted by Crippen LogP contribution is -2.13. The highest BCUT2D eigenvalue weighted by Crippen LogP contribution is 2.22. The van der Waals surface area contributed by atoms with Crippen molar-refractivity contribution in [1.29, 1.82) is 5.26 Å². The fourth-order valence-electron chi connectivity index (χ4n) is 1.91. The topological polar surface area (TPSA) is 67.9 Å². The van der Waals surface area contributed by atoms with Crippen molar-refractivity contribution in [1.82, 2.24) is 9.55 Å². The molecule has 0 aromatic carbocycles. The van der Waals surface area contributed by atoms with E-state index in [0.717, 1.165) is 31.6 Å². The first-order valence-electron chi connectivity index (χ1n) is 6.43. The van der Waals surface area contributed by atoms with Crippen LogP contribution in [0.25, 0.3) is 0 Å². The Morgan fingerprint density at radius 2 is 2.21 bits per heavy atom. The molecule has 0 saturated heterocycles. The molecule has 5 nitrogen and oxygen atoms in total. The number of nitriles is 1. The van der Waals surface area contributed by atoms with E-state index < -0.39 is 0 Å². The normalized spacial score (nSPS) is 11.1. The minimum atomic E-state index is -0.363. The number of unbranched alkanes of at least 4 members (excludes halogenated alkanes) is 1. The lowest BCUT2D eigenvalue weighted by Gasteiger charge is -2.15. The van der Waals surface area contributed by atoms with E-state index in [1.165, 1.54) is 7.11 Å². The van der Waals surface area contributed by atoms with Gasteiger partial charge in [0, 0.05) is 6.54 Å². The number of aryl methyl sites for hydroxylation is 1. The Labute approximate surface area is 114 Å². The third kappa shape index (κ3) is 4.09. The molecule has 0 aliphatic rings.